The molecule has 7 heteroatoms. The molecule has 5 nitrogen and oxygen atoms in total. The summed E-state index contributed by atoms with van der Waals surface area (Å²) in [5.74, 6) is 1.29. The van der Waals surface area contributed by atoms with Gasteiger partial charge in [-0.15, -0.1) is 0 Å². The first-order valence-electron chi connectivity index (χ1n) is 7.02. The van der Waals surface area contributed by atoms with E-state index >= 15 is 0 Å². The number of nitrogens with zero attached hydrogens (tertiary/aromatic N) is 3. The highest BCUT2D eigenvalue weighted by atomic mass is 32.1. The van der Waals surface area contributed by atoms with Crippen molar-refractivity contribution < 1.29 is 13.5 Å². The minimum atomic E-state index is -0.322. The van der Waals surface area contributed by atoms with Crippen LogP contribution < -0.4 is 4.74 Å². The van der Waals surface area contributed by atoms with Crippen molar-refractivity contribution in [3.05, 3.63) is 53.1 Å². The van der Waals surface area contributed by atoms with E-state index < -0.39 is 0 Å². The lowest BCUT2D eigenvalue weighted by atomic mass is 10.2. The Bertz CT molecular complexity index is 787. The molecule has 0 aliphatic rings. The highest BCUT2D eigenvalue weighted by molar-refractivity contribution is 7.03. The van der Waals surface area contributed by atoms with Gasteiger partial charge in [-0.05, 0) is 30.7 Å². The molecule has 2 heterocycles. The Labute approximate surface area is 137 Å². The van der Waals surface area contributed by atoms with E-state index in [0.717, 1.165) is 5.56 Å². The minimum Gasteiger partial charge on any atom is -0.480 e. The second kappa shape index (κ2) is 6.89. The van der Waals surface area contributed by atoms with Gasteiger partial charge in [-0.25, -0.2) is 9.37 Å². The Kier molecular flexibility index (Phi) is 4.68. The fourth-order valence-corrected chi connectivity index (χ4v) is 2.91. The van der Waals surface area contributed by atoms with Gasteiger partial charge in [-0.1, -0.05) is 12.1 Å². The third-order valence-corrected chi connectivity index (χ3v) is 4.00. The lowest BCUT2D eigenvalue weighted by Gasteiger charge is -2.13. The third kappa shape index (κ3) is 3.57. The summed E-state index contributed by atoms with van der Waals surface area (Å²) in [7, 11) is 3.55. The first kappa shape index (κ1) is 15.6. The molecule has 0 atom stereocenters. The summed E-state index contributed by atoms with van der Waals surface area (Å²) in [4.78, 5) is 6.26. The van der Waals surface area contributed by atoms with E-state index in [9.17, 15) is 4.39 Å². The van der Waals surface area contributed by atoms with Crippen LogP contribution in [0.15, 0.2) is 40.3 Å². The summed E-state index contributed by atoms with van der Waals surface area (Å²) in [6, 6.07) is 6.49. The highest BCUT2D eigenvalue weighted by Gasteiger charge is 2.14. The van der Waals surface area contributed by atoms with E-state index in [1.165, 1.54) is 17.6 Å². The summed E-state index contributed by atoms with van der Waals surface area (Å²) in [6.45, 7) is 1.17. The maximum atomic E-state index is 13.8. The van der Waals surface area contributed by atoms with Gasteiger partial charge >= 0.3 is 0 Å². The molecule has 0 aliphatic carbocycles. The van der Waals surface area contributed by atoms with Gasteiger partial charge in [0.05, 0.1) is 25.4 Å². The first-order valence-corrected chi connectivity index (χ1v) is 7.86. The van der Waals surface area contributed by atoms with Gasteiger partial charge in [0.1, 0.15) is 5.82 Å². The normalized spacial score (nSPS) is 11.1. The number of hydrogen-bond acceptors (Lipinski definition) is 6. The molecular formula is C16H16FN3O2S. The number of ether oxygens (including phenoxy) is 1. The van der Waals surface area contributed by atoms with Crippen LogP contribution in [0.1, 0.15) is 11.5 Å². The Morgan fingerprint density at radius 3 is 2.91 bits per heavy atom. The zero-order valence-corrected chi connectivity index (χ0v) is 13.6. The lowest BCUT2D eigenvalue weighted by Crippen LogP contribution is -2.17. The van der Waals surface area contributed by atoms with Crippen LogP contribution in [0.5, 0.6) is 5.88 Å². The van der Waals surface area contributed by atoms with E-state index in [2.05, 4.69) is 9.36 Å². The van der Waals surface area contributed by atoms with Gasteiger partial charge < -0.3 is 9.15 Å². The van der Waals surface area contributed by atoms with Crippen molar-refractivity contribution in [3.8, 4) is 17.2 Å². The van der Waals surface area contributed by atoms with E-state index in [1.807, 2.05) is 17.3 Å². The molecule has 120 valence electrons. The second-order valence-electron chi connectivity index (χ2n) is 5.12. The number of aromatic nitrogens is 2. The zero-order valence-electron chi connectivity index (χ0n) is 12.8. The molecule has 0 N–H and O–H groups in total. The summed E-state index contributed by atoms with van der Waals surface area (Å²) in [5.41, 5.74) is 1.43. The first-order chi connectivity index (χ1) is 11.2. The standard InChI is InChI=1S/C16H16FN3O2S/c1-20(8-11-10-23-19-16(11)21-2)9-15-18-7-14(22-15)12-5-3-4-6-13(12)17/h3-7,10H,8-9H2,1-2H3. The summed E-state index contributed by atoms with van der Waals surface area (Å²) < 4.78 is 28.8. The molecule has 0 saturated heterocycles. The number of oxazole rings is 1. The van der Waals surface area contributed by atoms with E-state index in [4.69, 9.17) is 9.15 Å². The van der Waals surface area contributed by atoms with Crippen molar-refractivity contribution >= 4 is 11.5 Å². The molecule has 0 amide bonds. The lowest BCUT2D eigenvalue weighted by molar-refractivity contribution is 0.277. The van der Waals surface area contributed by atoms with Crippen LogP contribution in [0.4, 0.5) is 4.39 Å². The average Bonchev–Trinajstić information content (AvgIpc) is 3.17. The van der Waals surface area contributed by atoms with Crippen LogP contribution in [0.2, 0.25) is 0 Å². The third-order valence-electron chi connectivity index (χ3n) is 3.34. The Balaban J connectivity index is 1.68. The molecule has 0 fully saturated rings. The van der Waals surface area contributed by atoms with Crippen LogP contribution in [0, 0.1) is 5.82 Å². The van der Waals surface area contributed by atoms with Gasteiger partial charge in [-0.2, -0.15) is 4.37 Å². The smallest absolute Gasteiger partial charge is 0.229 e. The highest BCUT2D eigenvalue weighted by Crippen LogP contribution is 2.24. The summed E-state index contributed by atoms with van der Waals surface area (Å²) >= 11 is 1.36. The topological polar surface area (TPSA) is 51.4 Å². The summed E-state index contributed by atoms with van der Waals surface area (Å²) in [6.07, 6.45) is 1.55. The van der Waals surface area contributed by atoms with Gasteiger partial charge in [0, 0.05) is 17.5 Å². The molecule has 0 radical (unpaired) electrons. The van der Waals surface area contributed by atoms with E-state index in [0.29, 0.717) is 36.2 Å². The largest absolute Gasteiger partial charge is 0.480 e. The Hall–Kier alpha value is -2.25. The number of hydrogen-bond donors (Lipinski definition) is 0. The predicted molar refractivity (Wildman–Crippen MR) is 85.7 cm³/mol. The van der Waals surface area contributed by atoms with Crippen LogP contribution in [-0.2, 0) is 13.1 Å². The van der Waals surface area contributed by atoms with Crippen LogP contribution >= 0.6 is 11.5 Å². The fraction of sp³-hybridized carbons (Fsp3) is 0.250. The van der Waals surface area contributed by atoms with Crippen molar-refractivity contribution in [2.75, 3.05) is 14.2 Å². The Morgan fingerprint density at radius 2 is 2.13 bits per heavy atom. The molecule has 3 aromatic rings. The number of methoxy groups -OCH3 is 1. The number of benzene rings is 1. The fourth-order valence-electron chi connectivity index (χ4n) is 2.27. The van der Waals surface area contributed by atoms with Gasteiger partial charge in [0.15, 0.2) is 5.76 Å². The average molecular weight is 333 g/mol. The number of halogens is 1. The SMILES string of the molecule is COc1nscc1CN(C)Cc1ncc(-c2ccccc2F)o1. The predicted octanol–water partition coefficient (Wildman–Crippen LogP) is 3.58. The molecule has 23 heavy (non-hydrogen) atoms. The van der Waals surface area contributed by atoms with Crippen LogP contribution in [0.25, 0.3) is 11.3 Å². The molecular weight excluding hydrogens is 317 g/mol. The van der Waals surface area contributed by atoms with Gasteiger partial charge in [0.2, 0.25) is 11.8 Å². The molecule has 2 aromatic heterocycles. The molecule has 0 aliphatic heterocycles. The quantitative estimate of drug-likeness (QED) is 0.690. The molecule has 0 unspecified atom stereocenters. The van der Waals surface area contributed by atoms with Crippen LogP contribution in [0.3, 0.4) is 0 Å². The molecule has 0 spiro atoms. The molecule has 0 saturated carbocycles. The van der Waals surface area contributed by atoms with Crippen molar-refractivity contribution in [2.45, 2.75) is 13.1 Å². The van der Waals surface area contributed by atoms with Crippen molar-refractivity contribution in [3.63, 3.8) is 0 Å². The Morgan fingerprint density at radius 1 is 1.30 bits per heavy atom. The molecule has 0 bridgehead atoms. The number of rotatable bonds is 6. The van der Waals surface area contributed by atoms with Gasteiger partial charge in [0.25, 0.3) is 0 Å². The van der Waals surface area contributed by atoms with E-state index in [1.54, 1.807) is 31.5 Å². The minimum absolute atomic E-state index is 0.322. The monoisotopic (exact) mass is 333 g/mol. The van der Waals surface area contributed by atoms with Crippen molar-refractivity contribution in [2.24, 2.45) is 0 Å². The maximum Gasteiger partial charge on any atom is 0.229 e. The zero-order chi connectivity index (χ0) is 16.2. The van der Waals surface area contributed by atoms with Crippen molar-refractivity contribution in [1.82, 2.24) is 14.3 Å². The van der Waals surface area contributed by atoms with Crippen LogP contribution in [-0.4, -0.2) is 28.4 Å². The van der Waals surface area contributed by atoms with Gasteiger partial charge in [-0.3, -0.25) is 4.90 Å². The molecule has 1 aromatic carbocycles. The summed E-state index contributed by atoms with van der Waals surface area (Å²) in [5, 5.41) is 1.95. The molecule has 3 rings (SSSR count). The van der Waals surface area contributed by atoms with Crippen molar-refractivity contribution in [1.29, 1.82) is 0 Å². The van der Waals surface area contributed by atoms with E-state index in [-0.39, 0.29) is 5.82 Å². The second-order valence-corrected chi connectivity index (χ2v) is 5.75. The maximum absolute atomic E-state index is 13.8.